The highest BCUT2D eigenvalue weighted by atomic mass is 32.1. The van der Waals surface area contributed by atoms with Crippen LogP contribution in [0.2, 0.25) is 0 Å². The Morgan fingerprint density at radius 3 is 2.57 bits per heavy atom. The van der Waals surface area contributed by atoms with Gasteiger partial charge in [0.1, 0.15) is 10.5 Å². The average molecular weight is 312 g/mol. The van der Waals surface area contributed by atoms with E-state index in [1.165, 1.54) is 29.4 Å². The van der Waals surface area contributed by atoms with Gasteiger partial charge >= 0.3 is 6.18 Å². The number of halogens is 3. The van der Waals surface area contributed by atoms with Crippen LogP contribution in [0.25, 0.3) is 11.3 Å². The fraction of sp³-hybridized carbons (Fsp3) is 0.0909. The third-order valence-electron chi connectivity index (χ3n) is 2.75. The quantitative estimate of drug-likeness (QED) is 0.727. The number of thiocarbonyl (C=S) groups is 1. The molecular weight excluding hydrogens is 305 g/mol. The highest BCUT2D eigenvalue weighted by Gasteiger charge is 2.34. The molecule has 2 N–H and O–H groups in total. The van der Waals surface area contributed by atoms with Crippen LogP contribution >= 0.6 is 12.2 Å². The Balaban J connectivity index is 2.26. The van der Waals surface area contributed by atoms with Crippen molar-refractivity contribution in [1.82, 2.24) is 24.1 Å². The van der Waals surface area contributed by atoms with Gasteiger partial charge in [0.05, 0.1) is 0 Å². The van der Waals surface area contributed by atoms with E-state index >= 15 is 0 Å². The fourth-order valence-corrected chi connectivity index (χ4v) is 2.04. The summed E-state index contributed by atoms with van der Waals surface area (Å²) in [6.45, 7) is 0. The molecule has 0 aliphatic rings. The first-order valence-electron chi connectivity index (χ1n) is 5.63. The summed E-state index contributed by atoms with van der Waals surface area (Å²) in [7, 11) is 0. The van der Waals surface area contributed by atoms with Crippen LogP contribution in [-0.4, -0.2) is 29.1 Å². The number of aromatic nitrogens is 5. The van der Waals surface area contributed by atoms with Crippen molar-refractivity contribution < 1.29 is 13.2 Å². The predicted octanol–water partition coefficient (Wildman–Crippen LogP) is 1.57. The maximum Gasteiger partial charge on any atom is 0.435 e. The Hall–Kier alpha value is -2.49. The molecule has 0 unspecified atom stereocenters. The third kappa shape index (κ3) is 2.23. The Bertz CT molecular complexity index is 834. The van der Waals surface area contributed by atoms with E-state index in [4.69, 9.17) is 18.0 Å². The molecule has 21 heavy (non-hydrogen) atoms. The second-order valence-electron chi connectivity index (χ2n) is 4.09. The van der Waals surface area contributed by atoms with Gasteiger partial charge in [-0.25, -0.2) is 14.5 Å². The molecule has 0 aromatic carbocycles. The number of imidazole rings is 1. The number of nitrogens with zero attached hydrogens (tertiary/aromatic N) is 5. The van der Waals surface area contributed by atoms with Crippen LogP contribution in [0.15, 0.2) is 30.9 Å². The molecule has 3 aromatic rings. The first-order chi connectivity index (χ1) is 9.88. The second kappa shape index (κ2) is 4.52. The Morgan fingerprint density at radius 1 is 1.19 bits per heavy atom. The molecule has 0 spiro atoms. The zero-order chi connectivity index (χ0) is 15.2. The normalized spacial score (nSPS) is 12.0. The lowest BCUT2D eigenvalue weighted by molar-refractivity contribution is -0.141. The number of nitrogens with two attached hydrogens (primary N) is 1. The minimum atomic E-state index is -4.54. The zero-order valence-corrected chi connectivity index (χ0v) is 11.1. The van der Waals surface area contributed by atoms with Gasteiger partial charge in [0.15, 0.2) is 17.3 Å². The Morgan fingerprint density at radius 2 is 1.90 bits per heavy atom. The van der Waals surface area contributed by atoms with Crippen LogP contribution in [0, 0.1) is 0 Å². The van der Waals surface area contributed by atoms with E-state index in [1.807, 2.05) is 0 Å². The number of rotatable bonds is 2. The van der Waals surface area contributed by atoms with Gasteiger partial charge < -0.3 is 5.73 Å². The summed E-state index contributed by atoms with van der Waals surface area (Å²) in [5.41, 5.74) is 4.69. The van der Waals surface area contributed by atoms with Crippen molar-refractivity contribution in [3.8, 4) is 5.82 Å². The van der Waals surface area contributed by atoms with Gasteiger partial charge in [0.25, 0.3) is 0 Å². The van der Waals surface area contributed by atoms with E-state index < -0.39 is 11.9 Å². The molecule has 0 amide bonds. The molecule has 0 aliphatic carbocycles. The van der Waals surface area contributed by atoms with E-state index in [9.17, 15) is 13.2 Å². The molecule has 0 bridgehead atoms. The molecule has 3 aromatic heterocycles. The van der Waals surface area contributed by atoms with Crippen molar-refractivity contribution in [2.45, 2.75) is 6.18 Å². The first kappa shape index (κ1) is 13.5. The molecule has 3 rings (SSSR count). The summed E-state index contributed by atoms with van der Waals surface area (Å²) in [6.07, 6.45) is 1.06. The lowest BCUT2D eigenvalue weighted by Gasteiger charge is -2.06. The number of fused-ring (bicyclic) bond motifs is 1. The third-order valence-corrected chi connectivity index (χ3v) is 2.93. The maximum absolute atomic E-state index is 12.8. The number of alkyl halides is 3. The molecule has 0 fully saturated rings. The Labute approximate surface area is 121 Å². The SMILES string of the molecule is NC(=S)c1nccn1-c1nccn2nc(C(F)(F)F)cc12. The lowest BCUT2D eigenvalue weighted by atomic mass is 10.3. The van der Waals surface area contributed by atoms with Gasteiger partial charge in [0, 0.05) is 30.9 Å². The number of hydrogen-bond acceptors (Lipinski definition) is 4. The van der Waals surface area contributed by atoms with Crippen LogP contribution < -0.4 is 5.73 Å². The molecule has 3 heterocycles. The standard InChI is InChI=1S/C11H7F3N6S/c12-11(13,14)7-5-6-9(16-2-4-20(6)18-7)19-3-1-17-10(19)8(15)21/h1-5H,(H2,15,21). The van der Waals surface area contributed by atoms with Crippen molar-refractivity contribution >= 4 is 22.7 Å². The van der Waals surface area contributed by atoms with Gasteiger partial charge in [-0.3, -0.25) is 4.57 Å². The van der Waals surface area contributed by atoms with Crippen molar-refractivity contribution in [1.29, 1.82) is 0 Å². The molecule has 6 nitrogen and oxygen atoms in total. The van der Waals surface area contributed by atoms with Crippen molar-refractivity contribution in [3.63, 3.8) is 0 Å². The van der Waals surface area contributed by atoms with Crippen LogP contribution in [0.3, 0.4) is 0 Å². The molecule has 0 atom stereocenters. The van der Waals surface area contributed by atoms with Gasteiger partial charge in [-0.05, 0) is 0 Å². The summed E-state index contributed by atoms with van der Waals surface area (Å²) in [4.78, 5) is 8.04. The predicted molar refractivity (Wildman–Crippen MR) is 71.0 cm³/mol. The van der Waals surface area contributed by atoms with Crippen molar-refractivity contribution in [2.75, 3.05) is 0 Å². The van der Waals surface area contributed by atoms with Gasteiger partial charge in [-0.1, -0.05) is 12.2 Å². The fourth-order valence-electron chi connectivity index (χ4n) is 1.89. The summed E-state index contributed by atoms with van der Waals surface area (Å²) in [6, 6.07) is 0.908. The van der Waals surface area contributed by atoms with E-state index in [1.54, 1.807) is 0 Å². The molecule has 0 aliphatic heterocycles. The molecule has 10 heteroatoms. The first-order valence-corrected chi connectivity index (χ1v) is 6.04. The largest absolute Gasteiger partial charge is 0.435 e. The van der Waals surface area contributed by atoms with E-state index in [0.717, 1.165) is 10.6 Å². The summed E-state index contributed by atoms with van der Waals surface area (Å²) < 4.78 is 40.8. The molecule has 0 radical (unpaired) electrons. The average Bonchev–Trinajstić information content (AvgIpc) is 3.04. The van der Waals surface area contributed by atoms with E-state index in [2.05, 4.69) is 15.1 Å². The molecule has 0 saturated carbocycles. The molecule has 108 valence electrons. The van der Waals surface area contributed by atoms with E-state index in [-0.39, 0.29) is 22.1 Å². The van der Waals surface area contributed by atoms with Crippen LogP contribution in [0.5, 0.6) is 0 Å². The van der Waals surface area contributed by atoms with Crippen LogP contribution in [0.1, 0.15) is 11.5 Å². The highest BCUT2D eigenvalue weighted by Crippen LogP contribution is 2.29. The molecule has 0 saturated heterocycles. The van der Waals surface area contributed by atoms with E-state index in [0.29, 0.717) is 0 Å². The van der Waals surface area contributed by atoms with Crippen molar-refractivity contribution in [2.24, 2.45) is 5.73 Å². The van der Waals surface area contributed by atoms with Crippen LogP contribution in [-0.2, 0) is 6.18 Å². The smallest absolute Gasteiger partial charge is 0.387 e. The second-order valence-corrected chi connectivity index (χ2v) is 4.53. The summed E-state index contributed by atoms with van der Waals surface area (Å²) >= 11 is 4.85. The number of hydrogen-bond donors (Lipinski definition) is 1. The lowest BCUT2D eigenvalue weighted by Crippen LogP contribution is -2.16. The van der Waals surface area contributed by atoms with Gasteiger partial charge in [0.2, 0.25) is 0 Å². The van der Waals surface area contributed by atoms with Crippen LogP contribution in [0.4, 0.5) is 13.2 Å². The topological polar surface area (TPSA) is 74.0 Å². The zero-order valence-electron chi connectivity index (χ0n) is 10.2. The minimum absolute atomic E-state index is 0.0133. The highest BCUT2D eigenvalue weighted by molar-refractivity contribution is 7.80. The minimum Gasteiger partial charge on any atom is -0.387 e. The Kier molecular flexibility index (Phi) is 2.90. The maximum atomic E-state index is 12.8. The van der Waals surface area contributed by atoms with Crippen molar-refractivity contribution in [3.05, 3.63) is 42.4 Å². The molecular formula is C11H7F3N6S. The monoisotopic (exact) mass is 312 g/mol. The summed E-state index contributed by atoms with van der Waals surface area (Å²) in [5.74, 6) is 0.446. The van der Waals surface area contributed by atoms with Gasteiger partial charge in [-0.15, -0.1) is 0 Å². The van der Waals surface area contributed by atoms with Gasteiger partial charge in [-0.2, -0.15) is 18.3 Å². The summed E-state index contributed by atoms with van der Waals surface area (Å²) in [5, 5.41) is 3.48.